The Hall–Kier alpha value is -2.16. The molecule has 0 aliphatic rings. The molecule has 0 fully saturated rings. The average molecular weight is 485 g/mol. The highest BCUT2D eigenvalue weighted by molar-refractivity contribution is 7.99. The molecule has 34 heavy (non-hydrogen) atoms. The second-order valence-electron chi connectivity index (χ2n) is 9.17. The summed E-state index contributed by atoms with van der Waals surface area (Å²) in [7, 11) is 0. The van der Waals surface area contributed by atoms with Crippen molar-refractivity contribution in [2.45, 2.75) is 55.7 Å². The molecule has 0 aliphatic heterocycles. The van der Waals surface area contributed by atoms with Crippen molar-refractivity contribution in [1.29, 1.82) is 0 Å². The Morgan fingerprint density at radius 2 is 1.29 bits per heavy atom. The number of thioether (sulfide) groups is 2. The third-order valence-electron chi connectivity index (χ3n) is 6.86. The van der Waals surface area contributed by atoms with Gasteiger partial charge < -0.3 is 0 Å². The van der Waals surface area contributed by atoms with E-state index in [1.54, 1.807) is 0 Å². The molecular weight excluding hydrogens is 448 g/mol. The van der Waals surface area contributed by atoms with Crippen LogP contribution in [0.15, 0.2) is 76.5 Å². The van der Waals surface area contributed by atoms with Gasteiger partial charge in [-0.2, -0.15) is 0 Å². The fraction of sp³-hybridized carbons (Fsp3) is 0.312. The molecule has 0 spiro atoms. The fourth-order valence-electron chi connectivity index (χ4n) is 4.78. The van der Waals surface area contributed by atoms with Crippen molar-refractivity contribution in [3.8, 4) is 0 Å². The standard InChI is InChI=1S/C32H36S2/c1-5-7-10-23(6-2)17-24-13-14-27-20-29(32(34-4)22-30(27)18-24)16-15-28-19-25-11-8-9-12-26(25)21-31(28)33-3/h8-9,11-16,18-23H,5-7,10,17H2,1-4H3/b16-15+. The first-order chi connectivity index (χ1) is 16.6. The van der Waals surface area contributed by atoms with Crippen molar-refractivity contribution in [2.24, 2.45) is 5.92 Å². The van der Waals surface area contributed by atoms with Crippen LogP contribution in [0.3, 0.4) is 0 Å². The summed E-state index contributed by atoms with van der Waals surface area (Å²) in [5, 5.41) is 5.28. The van der Waals surface area contributed by atoms with E-state index in [-0.39, 0.29) is 0 Å². The number of rotatable bonds is 10. The van der Waals surface area contributed by atoms with Gasteiger partial charge in [0.25, 0.3) is 0 Å². The molecule has 1 unspecified atom stereocenters. The number of benzene rings is 4. The summed E-state index contributed by atoms with van der Waals surface area (Å²) < 4.78 is 0. The SMILES string of the molecule is CCCCC(CC)Cc1ccc2cc(/C=C/c3cc4ccccc4cc3SC)c(SC)cc2c1. The van der Waals surface area contributed by atoms with Crippen LogP contribution in [0.1, 0.15) is 56.2 Å². The van der Waals surface area contributed by atoms with E-state index in [2.05, 4.69) is 105 Å². The molecule has 0 saturated heterocycles. The highest BCUT2D eigenvalue weighted by Crippen LogP contribution is 2.32. The third-order valence-corrected chi connectivity index (χ3v) is 8.45. The van der Waals surface area contributed by atoms with E-state index in [0.717, 1.165) is 5.92 Å². The van der Waals surface area contributed by atoms with Gasteiger partial charge in [0.15, 0.2) is 0 Å². The molecule has 0 aliphatic carbocycles. The molecule has 0 saturated carbocycles. The first kappa shape index (κ1) is 24.9. The smallest absolute Gasteiger partial charge is 0.0148 e. The lowest BCUT2D eigenvalue weighted by Crippen LogP contribution is -2.03. The summed E-state index contributed by atoms with van der Waals surface area (Å²) >= 11 is 3.65. The van der Waals surface area contributed by atoms with E-state index in [9.17, 15) is 0 Å². The number of hydrogen-bond donors (Lipinski definition) is 0. The molecule has 4 aromatic rings. The monoisotopic (exact) mass is 484 g/mol. The van der Waals surface area contributed by atoms with Gasteiger partial charge in [0.05, 0.1) is 0 Å². The zero-order valence-electron chi connectivity index (χ0n) is 20.9. The number of unbranched alkanes of at least 4 members (excludes halogenated alkanes) is 1. The van der Waals surface area contributed by atoms with Crippen LogP contribution in [0.4, 0.5) is 0 Å². The predicted octanol–water partition coefficient (Wildman–Crippen LogP) is 10.4. The van der Waals surface area contributed by atoms with E-state index in [4.69, 9.17) is 0 Å². The maximum atomic E-state index is 2.42. The molecule has 4 rings (SSSR count). The van der Waals surface area contributed by atoms with E-state index < -0.39 is 0 Å². The molecule has 0 radical (unpaired) electrons. The van der Waals surface area contributed by atoms with E-state index >= 15 is 0 Å². The lowest BCUT2D eigenvalue weighted by atomic mass is 9.91. The summed E-state index contributed by atoms with van der Waals surface area (Å²) in [6.45, 7) is 4.63. The molecule has 0 nitrogen and oxygen atoms in total. The van der Waals surface area contributed by atoms with Crippen molar-refractivity contribution in [1.82, 2.24) is 0 Å². The van der Waals surface area contributed by atoms with Crippen LogP contribution in [0.2, 0.25) is 0 Å². The average Bonchev–Trinajstić information content (AvgIpc) is 2.88. The van der Waals surface area contributed by atoms with Gasteiger partial charge >= 0.3 is 0 Å². The summed E-state index contributed by atoms with van der Waals surface area (Å²) in [5.74, 6) is 0.798. The number of hydrogen-bond acceptors (Lipinski definition) is 2. The normalized spacial score (nSPS) is 12.7. The molecular formula is C32H36S2. The van der Waals surface area contributed by atoms with Gasteiger partial charge in [0.1, 0.15) is 0 Å². The summed E-state index contributed by atoms with van der Waals surface area (Å²) in [5.41, 5.74) is 4.06. The summed E-state index contributed by atoms with van der Waals surface area (Å²) in [6, 6.07) is 25.1. The van der Waals surface area contributed by atoms with Gasteiger partial charge in [-0.25, -0.2) is 0 Å². The van der Waals surface area contributed by atoms with Gasteiger partial charge in [0, 0.05) is 9.79 Å². The minimum Gasteiger partial charge on any atom is -0.129 e. The van der Waals surface area contributed by atoms with Crippen LogP contribution in [-0.2, 0) is 6.42 Å². The van der Waals surface area contributed by atoms with Gasteiger partial charge in [-0.3, -0.25) is 0 Å². The maximum Gasteiger partial charge on any atom is 0.0148 e. The molecule has 0 aromatic heterocycles. The topological polar surface area (TPSA) is 0 Å². The molecule has 4 aromatic carbocycles. The Balaban J connectivity index is 1.64. The van der Waals surface area contributed by atoms with E-state index in [0.29, 0.717) is 0 Å². The quantitative estimate of drug-likeness (QED) is 0.162. The minimum absolute atomic E-state index is 0.798. The summed E-state index contributed by atoms with van der Waals surface area (Å²) in [6.07, 6.45) is 15.4. The van der Waals surface area contributed by atoms with Crippen molar-refractivity contribution in [2.75, 3.05) is 12.5 Å². The molecule has 0 amide bonds. The highest BCUT2D eigenvalue weighted by atomic mass is 32.2. The summed E-state index contributed by atoms with van der Waals surface area (Å²) in [4.78, 5) is 2.66. The first-order valence-corrected chi connectivity index (χ1v) is 15.0. The molecule has 0 N–H and O–H groups in total. The zero-order valence-corrected chi connectivity index (χ0v) is 22.6. The zero-order chi connectivity index (χ0) is 23.9. The van der Waals surface area contributed by atoms with Crippen molar-refractivity contribution < 1.29 is 0 Å². The van der Waals surface area contributed by atoms with Crippen molar-refractivity contribution in [3.63, 3.8) is 0 Å². The van der Waals surface area contributed by atoms with Crippen molar-refractivity contribution >= 4 is 57.2 Å². The Bertz CT molecular complexity index is 1290. The Kier molecular flexibility index (Phi) is 8.80. The van der Waals surface area contributed by atoms with Crippen LogP contribution in [0.5, 0.6) is 0 Å². The molecule has 2 heteroatoms. The third kappa shape index (κ3) is 5.90. The van der Waals surface area contributed by atoms with Crippen molar-refractivity contribution in [3.05, 3.63) is 83.4 Å². The van der Waals surface area contributed by atoms with Crippen LogP contribution in [0.25, 0.3) is 33.7 Å². The van der Waals surface area contributed by atoms with Gasteiger partial charge in [-0.15, -0.1) is 23.5 Å². The van der Waals surface area contributed by atoms with Crippen LogP contribution < -0.4 is 0 Å². The fourth-order valence-corrected chi connectivity index (χ4v) is 5.99. The lowest BCUT2D eigenvalue weighted by molar-refractivity contribution is 0.449. The van der Waals surface area contributed by atoms with Gasteiger partial charge in [-0.1, -0.05) is 94.1 Å². The molecule has 0 heterocycles. The Morgan fingerprint density at radius 3 is 1.88 bits per heavy atom. The lowest BCUT2D eigenvalue weighted by Gasteiger charge is -2.15. The molecule has 176 valence electrons. The largest absolute Gasteiger partial charge is 0.129 e. The predicted molar refractivity (Wildman–Crippen MR) is 157 cm³/mol. The maximum absolute atomic E-state index is 2.42. The Morgan fingerprint density at radius 1 is 0.706 bits per heavy atom. The minimum atomic E-state index is 0.798. The van der Waals surface area contributed by atoms with Crippen LogP contribution >= 0.6 is 23.5 Å². The second kappa shape index (κ2) is 12.0. The van der Waals surface area contributed by atoms with Gasteiger partial charge in [-0.05, 0) is 87.4 Å². The highest BCUT2D eigenvalue weighted by Gasteiger charge is 2.09. The van der Waals surface area contributed by atoms with Crippen LogP contribution in [-0.4, -0.2) is 12.5 Å². The first-order valence-electron chi connectivity index (χ1n) is 12.5. The molecule has 1 atom stereocenters. The van der Waals surface area contributed by atoms with E-state index in [1.165, 1.54) is 80.1 Å². The van der Waals surface area contributed by atoms with Gasteiger partial charge in [0.2, 0.25) is 0 Å². The number of fused-ring (bicyclic) bond motifs is 2. The molecule has 0 bridgehead atoms. The second-order valence-corrected chi connectivity index (χ2v) is 10.9. The van der Waals surface area contributed by atoms with Crippen LogP contribution in [0, 0.1) is 5.92 Å². The Labute approximate surface area is 214 Å². The van der Waals surface area contributed by atoms with E-state index in [1.807, 2.05) is 23.5 Å².